The third kappa shape index (κ3) is 3.02. The number of nitrogens with two attached hydrogens (primary N) is 1. The Morgan fingerprint density at radius 3 is 2.55 bits per heavy atom. The highest BCUT2D eigenvalue weighted by Gasteiger charge is 2.34. The molecule has 1 saturated carbocycles. The van der Waals surface area contributed by atoms with E-state index in [1.165, 1.54) is 11.0 Å². The summed E-state index contributed by atoms with van der Waals surface area (Å²) < 4.78 is 37.3. The summed E-state index contributed by atoms with van der Waals surface area (Å²) in [5.41, 5.74) is -0.280. The highest BCUT2D eigenvalue weighted by molar-refractivity contribution is 9.10. The number of carbonyl (C=O) groups is 1. The standard InChI is InChI=1S/C12H14BrFN2O3S/c1-2-16(8-3-4-8)12(17)9-5-7(13)6-10(11(9)14)20(15,18)19/h5-6,8H,2-4H2,1H3,(H2,15,18,19). The lowest BCUT2D eigenvalue weighted by Crippen LogP contribution is -2.33. The third-order valence-corrected chi connectivity index (χ3v) is 4.50. The van der Waals surface area contributed by atoms with Crippen LogP contribution in [0.1, 0.15) is 30.1 Å². The number of sulfonamides is 1. The zero-order valence-electron chi connectivity index (χ0n) is 10.8. The SMILES string of the molecule is CCN(C(=O)c1cc(Br)cc(S(N)(=O)=O)c1F)C1CC1. The van der Waals surface area contributed by atoms with Gasteiger partial charge in [-0.15, -0.1) is 0 Å². The van der Waals surface area contributed by atoms with Crippen LogP contribution >= 0.6 is 15.9 Å². The van der Waals surface area contributed by atoms with Gasteiger partial charge in [0.25, 0.3) is 5.91 Å². The van der Waals surface area contributed by atoms with Crippen molar-refractivity contribution in [1.29, 1.82) is 0 Å². The molecule has 110 valence electrons. The van der Waals surface area contributed by atoms with Crippen LogP contribution in [0.25, 0.3) is 0 Å². The molecule has 2 N–H and O–H groups in total. The van der Waals surface area contributed by atoms with Gasteiger partial charge in [-0.3, -0.25) is 4.79 Å². The summed E-state index contributed by atoms with van der Waals surface area (Å²) in [7, 11) is -4.22. The van der Waals surface area contributed by atoms with Crippen LogP contribution in [-0.4, -0.2) is 31.8 Å². The van der Waals surface area contributed by atoms with Crippen molar-refractivity contribution in [2.24, 2.45) is 5.14 Å². The summed E-state index contributed by atoms with van der Waals surface area (Å²) in [6, 6.07) is 2.44. The maximum Gasteiger partial charge on any atom is 0.257 e. The van der Waals surface area contributed by atoms with Gasteiger partial charge in [-0.2, -0.15) is 0 Å². The summed E-state index contributed by atoms with van der Waals surface area (Å²) in [6.45, 7) is 2.24. The van der Waals surface area contributed by atoms with Crippen molar-refractivity contribution in [2.45, 2.75) is 30.7 Å². The monoisotopic (exact) mass is 364 g/mol. The molecular formula is C12H14BrFN2O3S. The lowest BCUT2D eigenvalue weighted by Gasteiger charge is -2.21. The highest BCUT2D eigenvalue weighted by atomic mass is 79.9. The lowest BCUT2D eigenvalue weighted by atomic mass is 10.2. The molecular weight excluding hydrogens is 351 g/mol. The molecule has 0 aliphatic heterocycles. The van der Waals surface area contributed by atoms with E-state index in [4.69, 9.17) is 5.14 Å². The van der Waals surface area contributed by atoms with Gasteiger partial charge in [-0.05, 0) is 31.9 Å². The van der Waals surface area contributed by atoms with E-state index in [0.29, 0.717) is 6.54 Å². The summed E-state index contributed by atoms with van der Waals surface area (Å²) in [4.78, 5) is 13.2. The molecule has 0 unspecified atom stereocenters. The van der Waals surface area contributed by atoms with Crippen LogP contribution in [0.4, 0.5) is 4.39 Å². The van der Waals surface area contributed by atoms with Crippen molar-refractivity contribution in [3.8, 4) is 0 Å². The zero-order valence-corrected chi connectivity index (χ0v) is 13.2. The fourth-order valence-corrected chi connectivity index (χ4v) is 3.30. The minimum Gasteiger partial charge on any atom is -0.336 e. The Hall–Kier alpha value is -0.990. The van der Waals surface area contributed by atoms with E-state index in [1.807, 2.05) is 0 Å². The van der Waals surface area contributed by atoms with E-state index in [2.05, 4.69) is 15.9 Å². The number of amides is 1. The molecule has 0 saturated heterocycles. The number of primary sulfonamides is 1. The second kappa shape index (κ2) is 5.42. The molecule has 0 radical (unpaired) electrons. The van der Waals surface area contributed by atoms with Crippen molar-refractivity contribution < 1.29 is 17.6 Å². The molecule has 5 nitrogen and oxygen atoms in total. The second-order valence-electron chi connectivity index (χ2n) is 4.63. The van der Waals surface area contributed by atoms with Crippen LogP contribution in [0, 0.1) is 5.82 Å². The number of rotatable bonds is 4. The van der Waals surface area contributed by atoms with Gasteiger partial charge in [0, 0.05) is 17.1 Å². The van der Waals surface area contributed by atoms with Gasteiger partial charge in [0.1, 0.15) is 4.90 Å². The maximum absolute atomic E-state index is 14.3. The Morgan fingerprint density at radius 2 is 2.10 bits per heavy atom. The fraction of sp³-hybridized carbons (Fsp3) is 0.417. The Bertz CT molecular complexity index is 659. The van der Waals surface area contributed by atoms with Crippen molar-refractivity contribution >= 4 is 31.9 Å². The first-order valence-electron chi connectivity index (χ1n) is 6.08. The molecule has 8 heteroatoms. The van der Waals surface area contributed by atoms with Gasteiger partial charge in [0.05, 0.1) is 5.56 Å². The Labute approximate surface area is 125 Å². The van der Waals surface area contributed by atoms with Crippen molar-refractivity contribution in [1.82, 2.24) is 4.90 Å². The van der Waals surface area contributed by atoms with Gasteiger partial charge in [-0.25, -0.2) is 17.9 Å². The smallest absolute Gasteiger partial charge is 0.257 e. The number of benzene rings is 1. The lowest BCUT2D eigenvalue weighted by molar-refractivity contribution is 0.0747. The molecule has 1 aromatic rings. The first-order valence-corrected chi connectivity index (χ1v) is 8.42. The predicted octanol–water partition coefficient (Wildman–Crippen LogP) is 1.86. The first-order chi connectivity index (χ1) is 9.25. The van der Waals surface area contributed by atoms with E-state index in [0.717, 1.165) is 18.9 Å². The summed E-state index contributed by atoms with van der Waals surface area (Å²) in [6.07, 6.45) is 1.77. The van der Waals surface area contributed by atoms with Crippen LogP contribution in [-0.2, 0) is 10.0 Å². The van der Waals surface area contributed by atoms with Crippen molar-refractivity contribution in [2.75, 3.05) is 6.54 Å². The number of nitrogens with zero attached hydrogens (tertiary/aromatic N) is 1. The average molecular weight is 365 g/mol. The summed E-state index contributed by atoms with van der Waals surface area (Å²) in [5, 5.41) is 4.96. The zero-order chi connectivity index (χ0) is 15.1. The average Bonchev–Trinajstić information content (AvgIpc) is 3.15. The van der Waals surface area contributed by atoms with E-state index in [9.17, 15) is 17.6 Å². The van der Waals surface area contributed by atoms with Crippen LogP contribution in [0.15, 0.2) is 21.5 Å². The second-order valence-corrected chi connectivity index (χ2v) is 7.08. The molecule has 1 aliphatic carbocycles. The van der Waals surface area contributed by atoms with Crippen LogP contribution in [0.5, 0.6) is 0 Å². The fourth-order valence-electron chi connectivity index (χ4n) is 2.04. The quantitative estimate of drug-likeness (QED) is 0.885. The summed E-state index contributed by atoms with van der Waals surface area (Å²) >= 11 is 3.07. The third-order valence-electron chi connectivity index (χ3n) is 3.13. The molecule has 0 bridgehead atoms. The minimum absolute atomic E-state index is 0.115. The number of hydrogen-bond donors (Lipinski definition) is 1. The van der Waals surface area contributed by atoms with Gasteiger partial charge in [0.2, 0.25) is 10.0 Å². The van der Waals surface area contributed by atoms with Crippen molar-refractivity contribution in [3.05, 3.63) is 28.0 Å². The van der Waals surface area contributed by atoms with Crippen LogP contribution in [0.2, 0.25) is 0 Å². The van der Waals surface area contributed by atoms with E-state index in [1.54, 1.807) is 6.92 Å². The molecule has 2 rings (SSSR count). The van der Waals surface area contributed by atoms with Crippen LogP contribution in [0.3, 0.4) is 0 Å². The molecule has 1 aliphatic rings. The van der Waals surface area contributed by atoms with Gasteiger partial charge >= 0.3 is 0 Å². The highest BCUT2D eigenvalue weighted by Crippen LogP contribution is 2.30. The molecule has 1 fully saturated rings. The van der Waals surface area contributed by atoms with Crippen LogP contribution < -0.4 is 5.14 Å². The number of carbonyl (C=O) groups excluding carboxylic acids is 1. The molecule has 1 amide bonds. The largest absolute Gasteiger partial charge is 0.336 e. The molecule has 0 heterocycles. The van der Waals surface area contributed by atoms with Gasteiger partial charge in [0.15, 0.2) is 5.82 Å². The molecule has 0 atom stereocenters. The molecule has 1 aromatic carbocycles. The minimum atomic E-state index is -4.22. The number of hydrogen-bond acceptors (Lipinski definition) is 3. The molecule has 20 heavy (non-hydrogen) atoms. The van der Waals surface area contributed by atoms with E-state index >= 15 is 0 Å². The summed E-state index contributed by atoms with van der Waals surface area (Å²) in [5.74, 6) is -1.61. The Balaban J connectivity index is 2.51. The van der Waals surface area contributed by atoms with Crippen molar-refractivity contribution in [3.63, 3.8) is 0 Å². The Morgan fingerprint density at radius 1 is 1.50 bits per heavy atom. The predicted molar refractivity (Wildman–Crippen MR) is 75.2 cm³/mol. The van der Waals surface area contributed by atoms with E-state index < -0.39 is 26.6 Å². The Kier molecular flexibility index (Phi) is 4.17. The maximum atomic E-state index is 14.3. The normalized spacial score (nSPS) is 15.2. The van der Waals surface area contributed by atoms with Gasteiger partial charge < -0.3 is 4.90 Å². The first kappa shape index (κ1) is 15.4. The van der Waals surface area contributed by atoms with E-state index in [-0.39, 0.29) is 16.1 Å². The molecule has 0 aromatic heterocycles. The number of halogens is 2. The van der Waals surface area contributed by atoms with Gasteiger partial charge in [-0.1, -0.05) is 15.9 Å². The topological polar surface area (TPSA) is 80.5 Å². The molecule has 0 spiro atoms.